The van der Waals surface area contributed by atoms with Crippen LogP contribution in [0.5, 0.6) is 5.75 Å². The second-order valence-corrected chi connectivity index (χ2v) is 4.07. The van der Waals surface area contributed by atoms with E-state index in [4.69, 9.17) is 32.2 Å². The summed E-state index contributed by atoms with van der Waals surface area (Å²) in [6, 6.07) is 5.13. The van der Waals surface area contributed by atoms with Crippen molar-refractivity contribution in [3.63, 3.8) is 0 Å². The summed E-state index contributed by atoms with van der Waals surface area (Å²) in [4.78, 5) is 0. The molecule has 86 valence electrons. The van der Waals surface area contributed by atoms with Crippen molar-refractivity contribution in [2.75, 3.05) is 13.2 Å². The van der Waals surface area contributed by atoms with Crippen LogP contribution in [-0.4, -0.2) is 25.2 Å². The molecule has 1 aromatic carbocycles. The van der Waals surface area contributed by atoms with Crippen LogP contribution >= 0.6 is 11.6 Å². The molecular formula is C11H13ClN2O2. The molecular weight excluding hydrogens is 228 g/mol. The van der Waals surface area contributed by atoms with Gasteiger partial charge in [-0.25, -0.2) is 0 Å². The molecule has 5 heteroatoms. The Morgan fingerprint density at radius 1 is 1.56 bits per heavy atom. The largest absolute Gasteiger partial charge is 0.488 e. The van der Waals surface area contributed by atoms with Crippen LogP contribution in [0.15, 0.2) is 18.2 Å². The number of nitrogens with one attached hydrogen (secondary N) is 1. The maximum absolute atomic E-state index is 7.30. The van der Waals surface area contributed by atoms with Crippen molar-refractivity contribution in [1.29, 1.82) is 5.41 Å². The topological polar surface area (TPSA) is 68.3 Å². The van der Waals surface area contributed by atoms with Crippen molar-refractivity contribution in [3.05, 3.63) is 28.8 Å². The molecule has 0 radical (unpaired) electrons. The maximum Gasteiger partial charge on any atom is 0.124 e. The van der Waals surface area contributed by atoms with Gasteiger partial charge in [-0.1, -0.05) is 11.6 Å². The zero-order valence-corrected chi connectivity index (χ0v) is 9.46. The number of benzene rings is 1. The third-order valence-electron chi connectivity index (χ3n) is 2.42. The van der Waals surface area contributed by atoms with Crippen LogP contribution < -0.4 is 10.5 Å². The lowest BCUT2D eigenvalue weighted by Gasteiger charge is -2.12. The summed E-state index contributed by atoms with van der Waals surface area (Å²) in [5, 5.41) is 7.74. The van der Waals surface area contributed by atoms with E-state index in [1.165, 1.54) is 0 Å². The van der Waals surface area contributed by atoms with Gasteiger partial charge >= 0.3 is 0 Å². The van der Waals surface area contributed by atoms with Gasteiger partial charge in [-0.05, 0) is 18.2 Å². The standard InChI is InChI=1S/C11H13ClN2O2/c12-10-5-7(1-2-9(10)11(13)14)16-8-3-4-15-6-8/h1-2,5,8H,3-4,6H2,(H3,13,14). The van der Waals surface area contributed by atoms with E-state index in [0.29, 0.717) is 22.9 Å². The van der Waals surface area contributed by atoms with E-state index < -0.39 is 0 Å². The SMILES string of the molecule is N=C(N)c1ccc(OC2CCOC2)cc1Cl. The van der Waals surface area contributed by atoms with Crippen LogP contribution in [0.1, 0.15) is 12.0 Å². The van der Waals surface area contributed by atoms with E-state index >= 15 is 0 Å². The van der Waals surface area contributed by atoms with Crippen LogP contribution in [0, 0.1) is 5.41 Å². The van der Waals surface area contributed by atoms with Crippen LogP contribution in [0.25, 0.3) is 0 Å². The molecule has 0 saturated carbocycles. The molecule has 0 bridgehead atoms. The zero-order valence-electron chi connectivity index (χ0n) is 8.70. The number of ether oxygens (including phenoxy) is 2. The third kappa shape index (κ3) is 2.46. The Kier molecular flexibility index (Phi) is 3.31. The molecule has 1 aromatic rings. The highest BCUT2D eigenvalue weighted by molar-refractivity contribution is 6.34. The zero-order chi connectivity index (χ0) is 11.5. The van der Waals surface area contributed by atoms with Gasteiger partial charge in [0.25, 0.3) is 0 Å². The molecule has 1 atom stereocenters. The van der Waals surface area contributed by atoms with Crippen molar-refractivity contribution in [1.82, 2.24) is 0 Å². The van der Waals surface area contributed by atoms with Crippen molar-refractivity contribution in [2.24, 2.45) is 5.73 Å². The fraction of sp³-hybridized carbons (Fsp3) is 0.364. The van der Waals surface area contributed by atoms with E-state index in [-0.39, 0.29) is 11.9 Å². The summed E-state index contributed by atoms with van der Waals surface area (Å²) >= 11 is 5.98. The van der Waals surface area contributed by atoms with Crippen LogP contribution in [0.2, 0.25) is 5.02 Å². The lowest BCUT2D eigenvalue weighted by atomic mass is 10.2. The minimum absolute atomic E-state index is 0.0410. The molecule has 1 unspecified atom stereocenters. The van der Waals surface area contributed by atoms with Crippen molar-refractivity contribution >= 4 is 17.4 Å². The second kappa shape index (κ2) is 4.72. The number of hydrogen-bond donors (Lipinski definition) is 2. The summed E-state index contributed by atoms with van der Waals surface area (Å²) < 4.78 is 10.9. The van der Waals surface area contributed by atoms with Gasteiger partial charge in [-0.15, -0.1) is 0 Å². The van der Waals surface area contributed by atoms with E-state index in [1.54, 1.807) is 18.2 Å². The summed E-state index contributed by atoms with van der Waals surface area (Å²) in [6.45, 7) is 1.36. The average Bonchev–Trinajstić information content (AvgIpc) is 2.70. The van der Waals surface area contributed by atoms with Crippen molar-refractivity contribution in [2.45, 2.75) is 12.5 Å². The maximum atomic E-state index is 7.30. The van der Waals surface area contributed by atoms with Gasteiger partial charge in [0.15, 0.2) is 0 Å². The molecule has 1 aliphatic heterocycles. The number of rotatable bonds is 3. The highest BCUT2D eigenvalue weighted by Gasteiger charge is 2.17. The second-order valence-electron chi connectivity index (χ2n) is 3.66. The highest BCUT2D eigenvalue weighted by atomic mass is 35.5. The molecule has 0 amide bonds. The first-order chi connectivity index (χ1) is 7.66. The number of amidine groups is 1. The Morgan fingerprint density at radius 2 is 2.38 bits per heavy atom. The summed E-state index contributed by atoms with van der Waals surface area (Å²) in [7, 11) is 0. The van der Waals surface area contributed by atoms with Gasteiger partial charge in [0.2, 0.25) is 0 Å². The first kappa shape index (κ1) is 11.2. The van der Waals surface area contributed by atoms with Gasteiger partial charge in [0.1, 0.15) is 17.7 Å². The molecule has 1 heterocycles. The van der Waals surface area contributed by atoms with E-state index in [0.717, 1.165) is 13.0 Å². The van der Waals surface area contributed by atoms with Crippen molar-refractivity contribution < 1.29 is 9.47 Å². The molecule has 16 heavy (non-hydrogen) atoms. The first-order valence-electron chi connectivity index (χ1n) is 5.05. The number of nitrogen functional groups attached to an aromatic ring is 1. The Hall–Kier alpha value is -1.26. The fourth-order valence-corrected chi connectivity index (χ4v) is 1.86. The normalized spacial score (nSPS) is 19.7. The minimum atomic E-state index is -0.0410. The molecule has 4 nitrogen and oxygen atoms in total. The van der Waals surface area contributed by atoms with Gasteiger partial charge in [-0.3, -0.25) is 5.41 Å². The molecule has 1 aliphatic rings. The van der Waals surface area contributed by atoms with Crippen LogP contribution in [0.4, 0.5) is 0 Å². The minimum Gasteiger partial charge on any atom is -0.488 e. The highest BCUT2D eigenvalue weighted by Crippen LogP contribution is 2.24. The predicted molar refractivity (Wildman–Crippen MR) is 62.3 cm³/mol. The smallest absolute Gasteiger partial charge is 0.124 e. The summed E-state index contributed by atoms with van der Waals surface area (Å²) in [5.41, 5.74) is 5.89. The monoisotopic (exact) mass is 240 g/mol. The molecule has 1 fully saturated rings. The van der Waals surface area contributed by atoms with E-state index in [2.05, 4.69) is 0 Å². The Balaban J connectivity index is 2.11. The van der Waals surface area contributed by atoms with Gasteiger partial charge in [-0.2, -0.15) is 0 Å². The lowest BCUT2D eigenvalue weighted by Crippen LogP contribution is -2.16. The molecule has 0 aliphatic carbocycles. The average molecular weight is 241 g/mol. The molecule has 2 rings (SSSR count). The Labute approximate surface area is 98.8 Å². The fourth-order valence-electron chi connectivity index (χ4n) is 1.59. The van der Waals surface area contributed by atoms with E-state index in [9.17, 15) is 0 Å². The Bertz CT molecular complexity index is 403. The Morgan fingerprint density at radius 3 is 2.94 bits per heavy atom. The first-order valence-corrected chi connectivity index (χ1v) is 5.43. The number of nitrogens with two attached hydrogens (primary N) is 1. The summed E-state index contributed by atoms with van der Waals surface area (Å²) in [6.07, 6.45) is 0.991. The predicted octanol–water partition coefficient (Wildman–Crippen LogP) is 1.79. The third-order valence-corrected chi connectivity index (χ3v) is 2.73. The summed E-state index contributed by atoms with van der Waals surface area (Å²) in [5.74, 6) is 0.645. The van der Waals surface area contributed by atoms with Crippen LogP contribution in [-0.2, 0) is 4.74 Å². The molecule has 3 N–H and O–H groups in total. The lowest BCUT2D eigenvalue weighted by molar-refractivity contribution is 0.141. The molecule has 0 aromatic heterocycles. The number of halogens is 1. The van der Waals surface area contributed by atoms with E-state index in [1.807, 2.05) is 0 Å². The van der Waals surface area contributed by atoms with Crippen molar-refractivity contribution in [3.8, 4) is 5.75 Å². The van der Waals surface area contributed by atoms with Gasteiger partial charge < -0.3 is 15.2 Å². The van der Waals surface area contributed by atoms with Gasteiger partial charge in [0.05, 0.1) is 18.2 Å². The molecule has 0 spiro atoms. The quantitative estimate of drug-likeness (QED) is 0.625. The molecule has 1 saturated heterocycles. The van der Waals surface area contributed by atoms with Crippen LogP contribution in [0.3, 0.4) is 0 Å². The number of hydrogen-bond acceptors (Lipinski definition) is 3. The van der Waals surface area contributed by atoms with Gasteiger partial charge in [0, 0.05) is 12.0 Å².